The summed E-state index contributed by atoms with van der Waals surface area (Å²) in [6.07, 6.45) is 1.80. The second kappa shape index (κ2) is 4.97. The molecule has 0 saturated carbocycles. The standard InChI is InChI=1S/C14H17N3/c1-10-5-11(2)7-13(6-10)17-14-4-3-12(8-15)9-16-14/h3-7,9H,8,15H2,1-2H3,(H,16,17). The average Bonchev–Trinajstić information content (AvgIpc) is 2.28. The van der Waals surface area contributed by atoms with Crippen molar-refractivity contribution < 1.29 is 0 Å². The van der Waals surface area contributed by atoms with E-state index in [1.807, 2.05) is 12.1 Å². The normalized spacial score (nSPS) is 10.3. The van der Waals surface area contributed by atoms with E-state index in [-0.39, 0.29) is 0 Å². The predicted octanol–water partition coefficient (Wildman–Crippen LogP) is 2.90. The molecule has 3 N–H and O–H groups in total. The highest BCUT2D eigenvalue weighted by atomic mass is 15.0. The number of hydrogen-bond acceptors (Lipinski definition) is 3. The molecule has 1 aromatic carbocycles. The number of rotatable bonds is 3. The van der Waals surface area contributed by atoms with Crippen LogP contribution in [-0.2, 0) is 6.54 Å². The minimum atomic E-state index is 0.525. The summed E-state index contributed by atoms with van der Waals surface area (Å²) in [5.74, 6) is 0.840. The molecule has 0 aliphatic carbocycles. The highest BCUT2D eigenvalue weighted by molar-refractivity contribution is 5.58. The Morgan fingerprint density at radius 3 is 2.35 bits per heavy atom. The second-order valence-corrected chi connectivity index (χ2v) is 4.26. The number of aromatic nitrogens is 1. The number of benzene rings is 1. The molecule has 88 valence electrons. The van der Waals surface area contributed by atoms with Crippen molar-refractivity contribution in [2.45, 2.75) is 20.4 Å². The van der Waals surface area contributed by atoms with Gasteiger partial charge in [0.15, 0.2) is 0 Å². The maximum absolute atomic E-state index is 5.53. The molecule has 0 aliphatic rings. The van der Waals surface area contributed by atoms with Crippen molar-refractivity contribution in [2.75, 3.05) is 5.32 Å². The summed E-state index contributed by atoms with van der Waals surface area (Å²) in [5, 5.41) is 3.28. The Kier molecular flexibility index (Phi) is 3.40. The maximum Gasteiger partial charge on any atom is 0.130 e. The first-order valence-electron chi connectivity index (χ1n) is 5.68. The first kappa shape index (κ1) is 11.6. The van der Waals surface area contributed by atoms with Crippen LogP contribution in [0.15, 0.2) is 36.5 Å². The van der Waals surface area contributed by atoms with E-state index in [0.29, 0.717) is 6.54 Å². The van der Waals surface area contributed by atoms with E-state index >= 15 is 0 Å². The van der Waals surface area contributed by atoms with Gasteiger partial charge in [-0.05, 0) is 48.7 Å². The highest BCUT2D eigenvalue weighted by Crippen LogP contribution is 2.18. The topological polar surface area (TPSA) is 50.9 Å². The van der Waals surface area contributed by atoms with E-state index < -0.39 is 0 Å². The van der Waals surface area contributed by atoms with Crippen LogP contribution in [0.25, 0.3) is 0 Å². The van der Waals surface area contributed by atoms with Crippen molar-refractivity contribution in [3.63, 3.8) is 0 Å². The Hall–Kier alpha value is -1.87. The van der Waals surface area contributed by atoms with Crippen LogP contribution >= 0.6 is 0 Å². The van der Waals surface area contributed by atoms with Gasteiger partial charge in [-0.3, -0.25) is 0 Å². The van der Waals surface area contributed by atoms with Crippen molar-refractivity contribution in [1.29, 1.82) is 0 Å². The Bertz CT molecular complexity index is 483. The van der Waals surface area contributed by atoms with Crippen LogP contribution in [-0.4, -0.2) is 4.98 Å². The summed E-state index contributed by atoms with van der Waals surface area (Å²) < 4.78 is 0. The maximum atomic E-state index is 5.53. The third-order valence-corrected chi connectivity index (χ3v) is 2.55. The van der Waals surface area contributed by atoms with Gasteiger partial charge in [0.1, 0.15) is 5.82 Å². The lowest BCUT2D eigenvalue weighted by Gasteiger charge is -2.08. The van der Waals surface area contributed by atoms with E-state index in [1.165, 1.54) is 11.1 Å². The molecule has 0 amide bonds. The van der Waals surface area contributed by atoms with E-state index in [4.69, 9.17) is 5.73 Å². The van der Waals surface area contributed by atoms with Crippen molar-refractivity contribution in [3.05, 3.63) is 53.2 Å². The van der Waals surface area contributed by atoms with Crippen molar-refractivity contribution >= 4 is 11.5 Å². The lowest BCUT2D eigenvalue weighted by atomic mass is 10.1. The van der Waals surface area contributed by atoms with Gasteiger partial charge in [-0.25, -0.2) is 4.98 Å². The zero-order valence-electron chi connectivity index (χ0n) is 10.2. The van der Waals surface area contributed by atoms with Gasteiger partial charge in [-0.1, -0.05) is 12.1 Å². The molecule has 0 spiro atoms. The third kappa shape index (κ3) is 3.04. The molecular formula is C14H17N3. The molecule has 2 rings (SSSR count). The quantitative estimate of drug-likeness (QED) is 0.847. The molecule has 3 nitrogen and oxygen atoms in total. The summed E-state index contributed by atoms with van der Waals surface area (Å²) in [6.45, 7) is 4.70. The summed E-state index contributed by atoms with van der Waals surface area (Å²) in [7, 11) is 0. The molecule has 2 aromatic rings. The van der Waals surface area contributed by atoms with Crippen LogP contribution in [0.5, 0.6) is 0 Å². The zero-order chi connectivity index (χ0) is 12.3. The second-order valence-electron chi connectivity index (χ2n) is 4.26. The molecule has 0 radical (unpaired) electrons. The van der Waals surface area contributed by atoms with Crippen LogP contribution in [0.1, 0.15) is 16.7 Å². The Morgan fingerprint density at radius 1 is 1.12 bits per heavy atom. The van der Waals surface area contributed by atoms with E-state index in [2.05, 4.69) is 42.3 Å². The SMILES string of the molecule is Cc1cc(C)cc(Nc2ccc(CN)cn2)c1. The molecule has 0 atom stereocenters. The molecule has 1 heterocycles. The van der Waals surface area contributed by atoms with Crippen LogP contribution in [0.2, 0.25) is 0 Å². The van der Waals surface area contributed by atoms with Gasteiger partial charge in [-0.2, -0.15) is 0 Å². The van der Waals surface area contributed by atoms with Gasteiger partial charge in [0.25, 0.3) is 0 Å². The minimum absolute atomic E-state index is 0.525. The van der Waals surface area contributed by atoms with Gasteiger partial charge in [0.05, 0.1) is 0 Å². The molecule has 0 aliphatic heterocycles. The van der Waals surface area contributed by atoms with Crippen LogP contribution in [0, 0.1) is 13.8 Å². The molecule has 0 bridgehead atoms. The number of nitrogens with zero attached hydrogens (tertiary/aromatic N) is 1. The number of nitrogens with one attached hydrogen (secondary N) is 1. The summed E-state index contributed by atoms with van der Waals surface area (Å²) in [6, 6.07) is 10.3. The number of anilines is 2. The monoisotopic (exact) mass is 227 g/mol. The fourth-order valence-electron chi connectivity index (χ4n) is 1.81. The lowest BCUT2D eigenvalue weighted by molar-refractivity contribution is 1.05. The molecule has 17 heavy (non-hydrogen) atoms. The largest absolute Gasteiger partial charge is 0.340 e. The van der Waals surface area contributed by atoms with Gasteiger partial charge >= 0.3 is 0 Å². The minimum Gasteiger partial charge on any atom is -0.340 e. The fraction of sp³-hybridized carbons (Fsp3) is 0.214. The van der Waals surface area contributed by atoms with E-state index in [9.17, 15) is 0 Å². The smallest absolute Gasteiger partial charge is 0.130 e. The Morgan fingerprint density at radius 2 is 1.82 bits per heavy atom. The molecule has 0 saturated heterocycles. The van der Waals surface area contributed by atoms with Crippen molar-refractivity contribution in [3.8, 4) is 0 Å². The average molecular weight is 227 g/mol. The van der Waals surface area contributed by atoms with Gasteiger partial charge < -0.3 is 11.1 Å². The Balaban J connectivity index is 2.19. The molecule has 3 heteroatoms. The van der Waals surface area contributed by atoms with Gasteiger partial charge in [0.2, 0.25) is 0 Å². The zero-order valence-corrected chi connectivity index (χ0v) is 10.2. The fourth-order valence-corrected chi connectivity index (χ4v) is 1.81. The molecule has 1 aromatic heterocycles. The highest BCUT2D eigenvalue weighted by Gasteiger charge is 1.98. The molecule has 0 fully saturated rings. The van der Waals surface area contributed by atoms with Crippen molar-refractivity contribution in [2.24, 2.45) is 5.73 Å². The summed E-state index contributed by atoms with van der Waals surface area (Å²) in [4.78, 5) is 4.31. The number of hydrogen-bond donors (Lipinski definition) is 2. The van der Waals surface area contributed by atoms with Crippen molar-refractivity contribution in [1.82, 2.24) is 4.98 Å². The first-order valence-corrected chi connectivity index (χ1v) is 5.68. The van der Waals surface area contributed by atoms with Crippen LogP contribution in [0.3, 0.4) is 0 Å². The van der Waals surface area contributed by atoms with Gasteiger partial charge in [0, 0.05) is 18.4 Å². The number of aryl methyl sites for hydroxylation is 2. The van der Waals surface area contributed by atoms with Gasteiger partial charge in [-0.15, -0.1) is 0 Å². The first-order chi connectivity index (χ1) is 8.17. The summed E-state index contributed by atoms with van der Waals surface area (Å²) in [5.41, 5.74) is 10.1. The molecule has 0 unspecified atom stereocenters. The summed E-state index contributed by atoms with van der Waals surface area (Å²) >= 11 is 0. The number of pyridine rings is 1. The van der Waals surface area contributed by atoms with E-state index in [1.54, 1.807) is 6.20 Å². The Labute approximate surface area is 102 Å². The molecular weight excluding hydrogens is 210 g/mol. The van der Waals surface area contributed by atoms with Crippen LogP contribution < -0.4 is 11.1 Å². The predicted molar refractivity (Wildman–Crippen MR) is 71.3 cm³/mol. The third-order valence-electron chi connectivity index (χ3n) is 2.55. The van der Waals surface area contributed by atoms with Crippen LogP contribution in [0.4, 0.5) is 11.5 Å². The number of nitrogens with two attached hydrogens (primary N) is 1. The van der Waals surface area contributed by atoms with E-state index in [0.717, 1.165) is 17.1 Å². The lowest BCUT2D eigenvalue weighted by Crippen LogP contribution is -1.99.